The smallest absolute Gasteiger partial charge is 0.337 e. The Balaban J connectivity index is 3.10. The predicted molar refractivity (Wildman–Crippen MR) is 80.6 cm³/mol. The Bertz CT molecular complexity index is 532. The predicted octanol–water partition coefficient (Wildman–Crippen LogP) is 3.56. The van der Waals surface area contributed by atoms with Gasteiger partial charge in [0.15, 0.2) is 0 Å². The van der Waals surface area contributed by atoms with Gasteiger partial charge in [0.05, 0.1) is 11.3 Å². The largest absolute Gasteiger partial charge is 0.478 e. The van der Waals surface area contributed by atoms with Crippen molar-refractivity contribution in [2.75, 3.05) is 18.9 Å². The maximum atomic E-state index is 11.9. The van der Waals surface area contributed by atoms with E-state index < -0.39 is 12.0 Å². The fourth-order valence-electron chi connectivity index (χ4n) is 1.35. The molecule has 7 heteroatoms. The Morgan fingerprint density at radius 3 is 2.63 bits per heavy atom. The van der Waals surface area contributed by atoms with Gasteiger partial charge in [0.1, 0.15) is 0 Å². The number of hydrogen-bond acceptors (Lipinski definition) is 2. The van der Waals surface area contributed by atoms with Crippen LogP contribution in [0.2, 0.25) is 0 Å². The average molecular weight is 392 g/mol. The van der Waals surface area contributed by atoms with Gasteiger partial charge in [0.25, 0.3) is 0 Å². The third-order valence-corrected chi connectivity index (χ3v) is 3.35. The van der Waals surface area contributed by atoms with Gasteiger partial charge in [0, 0.05) is 22.5 Å². The Labute approximate surface area is 127 Å². The van der Waals surface area contributed by atoms with Gasteiger partial charge in [-0.2, -0.15) is 0 Å². The number of nitrogens with one attached hydrogen (secondary N) is 1. The van der Waals surface area contributed by atoms with Crippen LogP contribution in [0.3, 0.4) is 0 Å². The molecule has 2 N–H and O–H groups in total. The first-order valence-corrected chi connectivity index (χ1v) is 6.80. The van der Waals surface area contributed by atoms with Gasteiger partial charge in [-0.05, 0) is 28.1 Å². The van der Waals surface area contributed by atoms with Crippen molar-refractivity contribution in [1.29, 1.82) is 0 Å². The van der Waals surface area contributed by atoms with Crippen molar-refractivity contribution >= 4 is 49.5 Å². The molecule has 0 atom stereocenters. The lowest BCUT2D eigenvalue weighted by Gasteiger charge is -2.18. The highest BCUT2D eigenvalue weighted by atomic mass is 79.9. The van der Waals surface area contributed by atoms with Crippen LogP contribution in [0.4, 0.5) is 10.5 Å². The highest BCUT2D eigenvalue weighted by Gasteiger charge is 2.18. The number of carbonyl (C=O) groups excluding carboxylic acids is 1. The number of urea groups is 1. The Hall–Kier alpha value is -1.34. The molecule has 0 unspecified atom stereocenters. The Morgan fingerprint density at radius 2 is 2.11 bits per heavy atom. The molecule has 0 bridgehead atoms. The summed E-state index contributed by atoms with van der Waals surface area (Å²) in [4.78, 5) is 24.4. The van der Waals surface area contributed by atoms with E-state index in [2.05, 4.69) is 43.8 Å². The highest BCUT2D eigenvalue weighted by molar-refractivity contribution is 9.11. The SMILES string of the molecule is C=CCN(C)C(=O)Nc1c(Br)cc(Br)cc1C(=O)O. The topological polar surface area (TPSA) is 69.6 Å². The first-order chi connectivity index (χ1) is 8.86. The lowest BCUT2D eigenvalue weighted by Crippen LogP contribution is -2.32. The molecule has 0 aliphatic heterocycles. The van der Waals surface area contributed by atoms with Crippen LogP contribution in [0.15, 0.2) is 33.7 Å². The van der Waals surface area contributed by atoms with Gasteiger partial charge in [-0.1, -0.05) is 22.0 Å². The van der Waals surface area contributed by atoms with Crippen molar-refractivity contribution in [1.82, 2.24) is 4.90 Å². The van der Waals surface area contributed by atoms with E-state index in [0.717, 1.165) is 0 Å². The molecule has 2 amide bonds. The van der Waals surface area contributed by atoms with Crippen LogP contribution in [0.25, 0.3) is 0 Å². The summed E-state index contributed by atoms with van der Waals surface area (Å²) in [5, 5.41) is 11.7. The zero-order valence-corrected chi connectivity index (χ0v) is 13.3. The van der Waals surface area contributed by atoms with Crippen molar-refractivity contribution in [2.24, 2.45) is 0 Å². The molecule has 0 aromatic heterocycles. The quantitative estimate of drug-likeness (QED) is 0.771. The molecule has 0 aliphatic rings. The summed E-state index contributed by atoms with van der Waals surface area (Å²) in [5.41, 5.74) is 0.221. The second-order valence-electron chi connectivity index (χ2n) is 3.71. The first kappa shape index (κ1) is 15.7. The van der Waals surface area contributed by atoms with E-state index in [1.807, 2.05) is 0 Å². The second-order valence-corrected chi connectivity index (χ2v) is 5.48. The number of likely N-dealkylation sites (N-methyl/N-ethyl adjacent to an activating group) is 1. The minimum atomic E-state index is -1.12. The van der Waals surface area contributed by atoms with Crippen molar-refractivity contribution in [2.45, 2.75) is 0 Å². The van der Waals surface area contributed by atoms with E-state index in [1.54, 1.807) is 19.2 Å². The minimum Gasteiger partial charge on any atom is -0.478 e. The van der Waals surface area contributed by atoms with Gasteiger partial charge in [-0.25, -0.2) is 9.59 Å². The lowest BCUT2D eigenvalue weighted by atomic mass is 10.2. The molecule has 1 aromatic rings. The third-order valence-electron chi connectivity index (χ3n) is 2.27. The van der Waals surface area contributed by atoms with Crippen LogP contribution < -0.4 is 5.32 Å². The Morgan fingerprint density at radius 1 is 1.47 bits per heavy atom. The summed E-state index contributed by atoms with van der Waals surface area (Å²) < 4.78 is 1.09. The van der Waals surface area contributed by atoms with E-state index in [4.69, 9.17) is 5.11 Å². The van der Waals surface area contributed by atoms with Crippen LogP contribution in [0.5, 0.6) is 0 Å². The number of anilines is 1. The van der Waals surface area contributed by atoms with Crippen molar-refractivity contribution in [3.05, 3.63) is 39.3 Å². The second kappa shape index (κ2) is 6.72. The zero-order chi connectivity index (χ0) is 14.6. The van der Waals surface area contributed by atoms with E-state index in [-0.39, 0.29) is 11.3 Å². The maximum absolute atomic E-state index is 11.9. The number of benzene rings is 1. The number of carbonyl (C=O) groups is 2. The summed E-state index contributed by atoms with van der Waals surface area (Å²) >= 11 is 6.44. The molecule has 0 heterocycles. The number of halogens is 2. The van der Waals surface area contributed by atoms with E-state index in [9.17, 15) is 9.59 Å². The standard InChI is InChI=1S/C12H12Br2N2O3/c1-3-4-16(2)12(19)15-10-8(11(17)18)5-7(13)6-9(10)14/h3,5-6H,1,4H2,2H3,(H,15,19)(H,17,18). The summed E-state index contributed by atoms with van der Waals surface area (Å²) in [6.45, 7) is 3.90. The van der Waals surface area contributed by atoms with Gasteiger partial charge in [-0.15, -0.1) is 6.58 Å². The van der Waals surface area contributed by atoms with Crippen LogP contribution in [0.1, 0.15) is 10.4 Å². The zero-order valence-electron chi connectivity index (χ0n) is 10.1. The molecular weight excluding hydrogens is 380 g/mol. The molecule has 0 fully saturated rings. The molecule has 102 valence electrons. The number of amides is 2. The first-order valence-electron chi connectivity index (χ1n) is 5.22. The molecule has 0 aliphatic carbocycles. The number of carboxylic acid groups (broad SMARTS) is 1. The summed E-state index contributed by atoms with van der Waals surface area (Å²) in [7, 11) is 1.59. The van der Waals surface area contributed by atoms with E-state index >= 15 is 0 Å². The van der Waals surface area contributed by atoms with Crippen LogP contribution >= 0.6 is 31.9 Å². The molecule has 0 radical (unpaired) electrons. The molecule has 0 saturated heterocycles. The Kier molecular flexibility index (Phi) is 5.56. The molecule has 0 spiro atoms. The molecule has 1 aromatic carbocycles. The van der Waals surface area contributed by atoms with Crippen LogP contribution in [-0.4, -0.2) is 35.6 Å². The van der Waals surface area contributed by atoms with Crippen molar-refractivity contribution in [3.8, 4) is 0 Å². The molecule has 19 heavy (non-hydrogen) atoms. The summed E-state index contributed by atoms with van der Waals surface area (Å²) in [6.07, 6.45) is 1.58. The number of rotatable bonds is 4. The third kappa shape index (κ3) is 4.07. The number of aromatic carboxylic acids is 1. The fraction of sp³-hybridized carbons (Fsp3) is 0.167. The van der Waals surface area contributed by atoms with Crippen LogP contribution in [-0.2, 0) is 0 Å². The molecule has 0 saturated carbocycles. The number of carboxylic acids is 1. The molecular formula is C12H12Br2N2O3. The summed E-state index contributed by atoms with van der Waals surface area (Å²) in [6, 6.07) is 2.68. The fourth-order valence-corrected chi connectivity index (χ4v) is 2.67. The lowest BCUT2D eigenvalue weighted by molar-refractivity contribution is 0.0698. The highest BCUT2D eigenvalue weighted by Crippen LogP contribution is 2.31. The van der Waals surface area contributed by atoms with E-state index in [0.29, 0.717) is 15.5 Å². The molecule has 5 nitrogen and oxygen atoms in total. The van der Waals surface area contributed by atoms with Crippen LogP contribution in [0, 0.1) is 0 Å². The average Bonchev–Trinajstić information content (AvgIpc) is 2.32. The van der Waals surface area contributed by atoms with E-state index in [1.165, 1.54) is 11.0 Å². The van der Waals surface area contributed by atoms with Crippen molar-refractivity contribution in [3.63, 3.8) is 0 Å². The summed E-state index contributed by atoms with van der Waals surface area (Å²) in [5.74, 6) is -1.12. The number of hydrogen-bond donors (Lipinski definition) is 2. The van der Waals surface area contributed by atoms with Crippen molar-refractivity contribution < 1.29 is 14.7 Å². The molecule has 1 rings (SSSR count). The van der Waals surface area contributed by atoms with Gasteiger partial charge < -0.3 is 15.3 Å². The van der Waals surface area contributed by atoms with Gasteiger partial charge in [-0.3, -0.25) is 0 Å². The number of nitrogens with zero attached hydrogens (tertiary/aromatic N) is 1. The monoisotopic (exact) mass is 390 g/mol. The normalized spacial score (nSPS) is 9.84. The van der Waals surface area contributed by atoms with Gasteiger partial charge in [0.2, 0.25) is 0 Å². The minimum absolute atomic E-state index is 0.00148. The van der Waals surface area contributed by atoms with Gasteiger partial charge >= 0.3 is 12.0 Å². The maximum Gasteiger partial charge on any atom is 0.337 e.